The summed E-state index contributed by atoms with van der Waals surface area (Å²) >= 11 is 0. The lowest BCUT2D eigenvalue weighted by molar-refractivity contribution is -0.0564. The molecule has 0 aliphatic rings. The van der Waals surface area contributed by atoms with Crippen LogP contribution in [0, 0.1) is 0 Å². The first-order chi connectivity index (χ1) is 7.59. The number of aromatic nitrogens is 3. The van der Waals surface area contributed by atoms with Crippen molar-refractivity contribution in [3.63, 3.8) is 0 Å². The van der Waals surface area contributed by atoms with Gasteiger partial charge in [-0.25, -0.2) is 0 Å². The van der Waals surface area contributed by atoms with Gasteiger partial charge in [-0.2, -0.15) is 0 Å². The Bertz CT molecular complexity index is 326. The molecule has 5 heteroatoms. The largest absolute Gasteiger partial charge is 0.374 e. The van der Waals surface area contributed by atoms with Crippen LogP contribution in [0.2, 0.25) is 0 Å². The Morgan fingerprint density at radius 1 is 1.56 bits per heavy atom. The van der Waals surface area contributed by atoms with E-state index in [1.165, 1.54) is 0 Å². The van der Waals surface area contributed by atoms with Crippen LogP contribution in [0.5, 0.6) is 0 Å². The second-order valence-corrected chi connectivity index (χ2v) is 4.10. The van der Waals surface area contributed by atoms with Crippen LogP contribution in [0.4, 0.5) is 0 Å². The first-order valence-corrected chi connectivity index (χ1v) is 5.74. The Kier molecular flexibility index (Phi) is 4.44. The van der Waals surface area contributed by atoms with Crippen LogP contribution in [0.1, 0.15) is 38.9 Å². The minimum atomic E-state index is -0.237. The van der Waals surface area contributed by atoms with E-state index in [0.717, 1.165) is 12.1 Å². The summed E-state index contributed by atoms with van der Waals surface area (Å²) in [6.07, 6.45) is 2.71. The molecule has 2 atom stereocenters. The molecule has 1 N–H and O–H groups in total. The zero-order valence-electron chi connectivity index (χ0n) is 10.8. The molecule has 0 saturated carbocycles. The normalized spacial score (nSPS) is 17.1. The van der Waals surface area contributed by atoms with Gasteiger partial charge in [0, 0.05) is 13.7 Å². The van der Waals surface area contributed by atoms with Gasteiger partial charge in [-0.1, -0.05) is 12.1 Å². The highest BCUT2D eigenvalue weighted by Gasteiger charge is 2.35. The first-order valence-electron chi connectivity index (χ1n) is 5.74. The summed E-state index contributed by atoms with van der Waals surface area (Å²) in [5.41, 5.74) is 0.805. The maximum absolute atomic E-state index is 5.88. The Hall–Kier alpha value is -0.940. The number of likely N-dealkylation sites (N-methyl/N-ethyl adjacent to an activating group) is 1. The number of nitrogens with one attached hydrogen (secondary N) is 1. The maximum atomic E-state index is 5.88. The van der Waals surface area contributed by atoms with Crippen molar-refractivity contribution >= 4 is 0 Å². The molecule has 1 aromatic rings. The van der Waals surface area contributed by atoms with Gasteiger partial charge in [0.05, 0.1) is 23.5 Å². The van der Waals surface area contributed by atoms with Gasteiger partial charge in [-0.05, 0) is 27.3 Å². The molecule has 0 fully saturated rings. The van der Waals surface area contributed by atoms with Gasteiger partial charge in [0.15, 0.2) is 0 Å². The fourth-order valence-electron chi connectivity index (χ4n) is 2.04. The molecule has 0 radical (unpaired) electrons. The summed E-state index contributed by atoms with van der Waals surface area (Å²) in [6.45, 7) is 6.96. The van der Waals surface area contributed by atoms with Crippen LogP contribution in [0.25, 0.3) is 0 Å². The van der Waals surface area contributed by atoms with Crippen molar-refractivity contribution in [2.45, 2.75) is 38.8 Å². The topological polar surface area (TPSA) is 52.0 Å². The summed E-state index contributed by atoms with van der Waals surface area (Å²) in [4.78, 5) is 0. The molecule has 1 rings (SSSR count). The van der Waals surface area contributed by atoms with Gasteiger partial charge >= 0.3 is 0 Å². The van der Waals surface area contributed by atoms with Crippen LogP contribution in [0.15, 0.2) is 6.20 Å². The van der Waals surface area contributed by atoms with E-state index in [4.69, 9.17) is 4.74 Å². The summed E-state index contributed by atoms with van der Waals surface area (Å²) in [7, 11) is 3.83. The van der Waals surface area contributed by atoms with Crippen LogP contribution in [-0.2, 0) is 11.8 Å². The molecule has 1 aromatic heterocycles. The van der Waals surface area contributed by atoms with Crippen LogP contribution in [0.3, 0.4) is 0 Å². The zero-order chi connectivity index (χ0) is 12.2. The van der Waals surface area contributed by atoms with E-state index in [9.17, 15) is 0 Å². The van der Waals surface area contributed by atoms with Crippen molar-refractivity contribution in [3.05, 3.63) is 11.9 Å². The first kappa shape index (κ1) is 13.1. The molecule has 5 nitrogen and oxygen atoms in total. The Labute approximate surface area is 97.2 Å². The standard InChI is InChI=1S/C11H22N4O/c1-6-11(3,16-7-2)10(12-4)9-8-13-14-15(9)5/h8,10,12H,6-7H2,1-5H3. The molecule has 2 unspecified atom stereocenters. The van der Waals surface area contributed by atoms with E-state index in [-0.39, 0.29) is 11.6 Å². The minimum absolute atomic E-state index is 0.0949. The van der Waals surface area contributed by atoms with Gasteiger partial charge in [0.1, 0.15) is 0 Å². The monoisotopic (exact) mass is 226 g/mol. The molecule has 0 aliphatic heterocycles. The second kappa shape index (κ2) is 5.41. The average Bonchev–Trinajstić information content (AvgIpc) is 2.66. The van der Waals surface area contributed by atoms with E-state index in [1.54, 1.807) is 10.9 Å². The second-order valence-electron chi connectivity index (χ2n) is 4.10. The highest BCUT2D eigenvalue weighted by atomic mass is 16.5. The molecule has 0 amide bonds. The predicted octanol–water partition coefficient (Wildman–Crippen LogP) is 1.28. The van der Waals surface area contributed by atoms with Crippen molar-refractivity contribution in [3.8, 4) is 0 Å². The molecular formula is C11H22N4O. The van der Waals surface area contributed by atoms with Gasteiger partial charge in [0.2, 0.25) is 0 Å². The van der Waals surface area contributed by atoms with Crippen molar-refractivity contribution in [2.24, 2.45) is 7.05 Å². The molecule has 1 heterocycles. The smallest absolute Gasteiger partial charge is 0.0861 e. The average molecular weight is 226 g/mol. The summed E-state index contributed by atoms with van der Waals surface area (Å²) in [5.74, 6) is 0. The molecule has 92 valence electrons. The van der Waals surface area contributed by atoms with Crippen molar-refractivity contribution in [1.29, 1.82) is 0 Å². The SMILES string of the molecule is CCOC(C)(CC)C(NC)c1cnnn1C. The highest BCUT2D eigenvalue weighted by molar-refractivity contribution is 5.08. The van der Waals surface area contributed by atoms with Crippen molar-refractivity contribution in [1.82, 2.24) is 20.3 Å². The van der Waals surface area contributed by atoms with E-state index in [0.29, 0.717) is 6.61 Å². The summed E-state index contributed by atoms with van der Waals surface area (Å²) in [6, 6.07) is 0.0949. The number of aryl methyl sites for hydroxylation is 1. The summed E-state index contributed by atoms with van der Waals surface area (Å²) < 4.78 is 7.66. The Balaban J connectivity index is 3.00. The molecule has 16 heavy (non-hydrogen) atoms. The minimum Gasteiger partial charge on any atom is -0.374 e. The Morgan fingerprint density at radius 3 is 2.62 bits per heavy atom. The van der Waals surface area contributed by atoms with E-state index < -0.39 is 0 Å². The van der Waals surface area contributed by atoms with Crippen molar-refractivity contribution in [2.75, 3.05) is 13.7 Å². The summed E-state index contributed by atoms with van der Waals surface area (Å²) in [5, 5.41) is 11.2. The lowest BCUT2D eigenvalue weighted by atomic mass is 9.91. The molecule has 0 saturated heterocycles. The van der Waals surface area contributed by atoms with Gasteiger partial charge in [0.25, 0.3) is 0 Å². The van der Waals surface area contributed by atoms with Crippen LogP contribution < -0.4 is 5.32 Å². The third-order valence-corrected chi connectivity index (χ3v) is 3.12. The lowest BCUT2D eigenvalue weighted by Gasteiger charge is -2.36. The van der Waals surface area contributed by atoms with E-state index in [2.05, 4.69) is 29.5 Å². The number of hydrogen-bond donors (Lipinski definition) is 1. The van der Waals surface area contributed by atoms with Crippen LogP contribution >= 0.6 is 0 Å². The third kappa shape index (κ3) is 2.41. The molecular weight excluding hydrogens is 204 g/mol. The van der Waals surface area contributed by atoms with E-state index >= 15 is 0 Å². The quantitative estimate of drug-likeness (QED) is 0.794. The Morgan fingerprint density at radius 2 is 2.25 bits per heavy atom. The number of nitrogens with zero attached hydrogens (tertiary/aromatic N) is 3. The number of ether oxygens (including phenoxy) is 1. The number of rotatable bonds is 6. The van der Waals surface area contributed by atoms with E-state index in [1.807, 2.05) is 21.0 Å². The van der Waals surface area contributed by atoms with Gasteiger partial charge in [-0.3, -0.25) is 4.68 Å². The lowest BCUT2D eigenvalue weighted by Crippen LogP contribution is -2.43. The highest BCUT2D eigenvalue weighted by Crippen LogP contribution is 2.31. The fraction of sp³-hybridized carbons (Fsp3) is 0.818. The van der Waals surface area contributed by atoms with Gasteiger partial charge in [-0.15, -0.1) is 5.10 Å². The number of hydrogen-bond acceptors (Lipinski definition) is 4. The zero-order valence-corrected chi connectivity index (χ0v) is 10.8. The molecule has 0 spiro atoms. The molecule has 0 aliphatic carbocycles. The van der Waals surface area contributed by atoms with Crippen molar-refractivity contribution < 1.29 is 4.74 Å². The maximum Gasteiger partial charge on any atom is 0.0861 e. The molecule has 0 bridgehead atoms. The van der Waals surface area contributed by atoms with Gasteiger partial charge < -0.3 is 10.1 Å². The fourth-order valence-corrected chi connectivity index (χ4v) is 2.04. The third-order valence-electron chi connectivity index (χ3n) is 3.12. The molecule has 0 aromatic carbocycles. The predicted molar refractivity (Wildman–Crippen MR) is 63.1 cm³/mol. The van der Waals surface area contributed by atoms with Crippen LogP contribution in [-0.4, -0.2) is 34.2 Å².